The zero-order valence-electron chi connectivity index (χ0n) is 13.1. The predicted molar refractivity (Wildman–Crippen MR) is 90.3 cm³/mol. The van der Waals surface area contributed by atoms with Crippen molar-refractivity contribution in [2.45, 2.75) is 6.42 Å². The number of carbonyl (C=O) groups is 1. The Morgan fingerprint density at radius 3 is 2.87 bits per heavy atom. The standard InChI is InChI=1S/C16H19N3O3S/c1-21-13-4-3-10(7-14(13)22-2)12-9-23-16(18-12)19-15(20)11-5-6-17-8-11/h3-4,7,9,11,17H,5-6,8H2,1-2H3,(H,18,19,20). The lowest BCUT2D eigenvalue weighted by atomic mass is 10.1. The molecule has 1 saturated heterocycles. The van der Waals surface area contributed by atoms with Crippen LogP contribution in [0.25, 0.3) is 11.3 Å². The van der Waals surface area contributed by atoms with Crippen molar-refractivity contribution < 1.29 is 14.3 Å². The molecular formula is C16H19N3O3S. The second-order valence-electron chi connectivity index (χ2n) is 5.29. The van der Waals surface area contributed by atoms with Crippen molar-refractivity contribution in [3.05, 3.63) is 23.6 Å². The third-order valence-corrected chi connectivity index (χ3v) is 4.60. The summed E-state index contributed by atoms with van der Waals surface area (Å²) in [7, 11) is 3.20. The summed E-state index contributed by atoms with van der Waals surface area (Å²) < 4.78 is 10.5. The minimum absolute atomic E-state index is 0.0308. The number of aromatic nitrogens is 1. The van der Waals surface area contributed by atoms with Crippen LogP contribution in [-0.2, 0) is 4.79 Å². The number of hydrogen-bond donors (Lipinski definition) is 2. The second kappa shape index (κ2) is 6.97. The van der Waals surface area contributed by atoms with Crippen molar-refractivity contribution in [1.82, 2.24) is 10.3 Å². The summed E-state index contributed by atoms with van der Waals surface area (Å²) in [6, 6.07) is 5.64. The van der Waals surface area contributed by atoms with Crippen LogP contribution in [0.5, 0.6) is 11.5 Å². The van der Waals surface area contributed by atoms with Crippen molar-refractivity contribution in [3.63, 3.8) is 0 Å². The van der Waals surface area contributed by atoms with E-state index < -0.39 is 0 Å². The third kappa shape index (κ3) is 3.46. The third-order valence-electron chi connectivity index (χ3n) is 3.84. The van der Waals surface area contributed by atoms with Crippen molar-refractivity contribution >= 4 is 22.4 Å². The molecule has 0 saturated carbocycles. The summed E-state index contributed by atoms with van der Waals surface area (Å²) in [5.74, 6) is 1.39. The molecular weight excluding hydrogens is 314 g/mol. The van der Waals surface area contributed by atoms with Gasteiger partial charge in [0, 0.05) is 17.5 Å². The molecule has 1 unspecified atom stereocenters. The van der Waals surface area contributed by atoms with E-state index in [2.05, 4.69) is 15.6 Å². The van der Waals surface area contributed by atoms with Crippen molar-refractivity contribution in [1.29, 1.82) is 0 Å². The van der Waals surface area contributed by atoms with Gasteiger partial charge in [-0.25, -0.2) is 4.98 Å². The Hall–Kier alpha value is -2.12. The molecule has 1 atom stereocenters. The number of benzene rings is 1. The summed E-state index contributed by atoms with van der Waals surface area (Å²) >= 11 is 1.42. The highest BCUT2D eigenvalue weighted by Gasteiger charge is 2.23. The highest BCUT2D eigenvalue weighted by Crippen LogP contribution is 2.33. The monoisotopic (exact) mass is 333 g/mol. The van der Waals surface area contributed by atoms with Crippen LogP contribution in [0.15, 0.2) is 23.6 Å². The van der Waals surface area contributed by atoms with E-state index in [1.54, 1.807) is 14.2 Å². The molecule has 1 fully saturated rings. The van der Waals surface area contributed by atoms with Crippen LogP contribution in [0.2, 0.25) is 0 Å². The predicted octanol–water partition coefficient (Wildman–Crippen LogP) is 2.38. The van der Waals surface area contributed by atoms with Crippen LogP contribution in [0, 0.1) is 5.92 Å². The Bertz CT molecular complexity index is 696. The van der Waals surface area contributed by atoms with Gasteiger partial charge in [-0.05, 0) is 31.2 Å². The zero-order valence-corrected chi connectivity index (χ0v) is 13.9. The smallest absolute Gasteiger partial charge is 0.230 e. The molecule has 1 aliphatic rings. The van der Waals surface area contributed by atoms with Gasteiger partial charge in [-0.3, -0.25) is 4.79 Å². The molecule has 6 nitrogen and oxygen atoms in total. The SMILES string of the molecule is COc1ccc(-c2csc(NC(=O)C3CCNC3)n2)cc1OC. The van der Waals surface area contributed by atoms with E-state index in [-0.39, 0.29) is 11.8 Å². The number of amides is 1. The molecule has 0 bridgehead atoms. The topological polar surface area (TPSA) is 72.5 Å². The number of thiazole rings is 1. The fourth-order valence-corrected chi connectivity index (χ4v) is 3.27. The first kappa shape index (κ1) is 15.8. The molecule has 23 heavy (non-hydrogen) atoms. The minimum atomic E-state index is 0.0308. The van der Waals surface area contributed by atoms with Crippen LogP contribution in [-0.4, -0.2) is 38.2 Å². The lowest BCUT2D eigenvalue weighted by molar-refractivity contribution is -0.119. The van der Waals surface area contributed by atoms with Crippen LogP contribution in [0.4, 0.5) is 5.13 Å². The van der Waals surface area contributed by atoms with E-state index in [0.717, 1.165) is 30.8 Å². The molecule has 0 spiro atoms. The van der Waals surface area contributed by atoms with Gasteiger partial charge >= 0.3 is 0 Å². The quantitative estimate of drug-likeness (QED) is 0.879. The first-order valence-electron chi connectivity index (χ1n) is 7.40. The van der Waals surface area contributed by atoms with E-state index in [9.17, 15) is 4.79 Å². The molecule has 1 aromatic heterocycles. The Balaban J connectivity index is 1.75. The Morgan fingerprint density at radius 1 is 1.35 bits per heavy atom. The van der Waals surface area contributed by atoms with E-state index in [1.165, 1.54) is 11.3 Å². The molecule has 1 aromatic carbocycles. The first-order valence-corrected chi connectivity index (χ1v) is 8.28. The number of anilines is 1. The van der Waals surface area contributed by atoms with Gasteiger partial charge in [0.2, 0.25) is 5.91 Å². The van der Waals surface area contributed by atoms with Crippen molar-refractivity contribution in [3.8, 4) is 22.8 Å². The van der Waals surface area contributed by atoms with E-state index in [1.807, 2.05) is 23.6 Å². The number of nitrogens with one attached hydrogen (secondary N) is 2. The van der Waals surface area contributed by atoms with E-state index in [4.69, 9.17) is 9.47 Å². The van der Waals surface area contributed by atoms with Crippen LogP contribution in [0.1, 0.15) is 6.42 Å². The normalized spacial score (nSPS) is 17.0. The molecule has 3 rings (SSSR count). The van der Waals surface area contributed by atoms with Gasteiger partial charge in [-0.2, -0.15) is 0 Å². The van der Waals surface area contributed by atoms with E-state index >= 15 is 0 Å². The molecule has 2 aromatic rings. The number of rotatable bonds is 5. The molecule has 0 aliphatic carbocycles. The average Bonchev–Trinajstić information content (AvgIpc) is 3.25. The van der Waals surface area contributed by atoms with Crippen molar-refractivity contribution in [2.24, 2.45) is 5.92 Å². The Morgan fingerprint density at radius 2 is 2.17 bits per heavy atom. The summed E-state index contributed by atoms with van der Waals surface area (Å²) in [5.41, 5.74) is 1.72. The summed E-state index contributed by atoms with van der Waals surface area (Å²) in [4.78, 5) is 16.6. The van der Waals surface area contributed by atoms with Crippen LogP contribution >= 0.6 is 11.3 Å². The summed E-state index contributed by atoms with van der Waals surface area (Å²) in [6.45, 7) is 1.63. The summed E-state index contributed by atoms with van der Waals surface area (Å²) in [6.07, 6.45) is 0.875. The van der Waals surface area contributed by atoms with Gasteiger partial charge < -0.3 is 20.1 Å². The molecule has 1 amide bonds. The number of carbonyl (C=O) groups excluding carboxylic acids is 1. The minimum Gasteiger partial charge on any atom is -0.493 e. The fraction of sp³-hybridized carbons (Fsp3) is 0.375. The maximum atomic E-state index is 12.1. The number of nitrogens with zero attached hydrogens (tertiary/aromatic N) is 1. The Labute approximate surface area is 138 Å². The lowest BCUT2D eigenvalue weighted by Gasteiger charge is -2.08. The van der Waals surface area contributed by atoms with Gasteiger partial charge in [0.15, 0.2) is 16.6 Å². The van der Waals surface area contributed by atoms with Gasteiger partial charge in [0.25, 0.3) is 0 Å². The molecule has 7 heteroatoms. The lowest BCUT2D eigenvalue weighted by Crippen LogP contribution is -2.24. The molecule has 2 N–H and O–H groups in total. The highest BCUT2D eigenvalue weighted by atomic mass is 32.1. The fourth-order valence-electron chi connectivity index (χ4n) is 2.55. The van der Waals surface area contributed by atoms with Crippen molar-refractivity contribution in [2.75, 3.05) is 32.6 Å². The average molecular weight is 333 g/mol. The summed E-state index contributed by atoms with van der Waals surface area (Å²) in [5, 5.41) is 8.63. The van der Waals surface area contributed by atoms with E-state index in [0.29, 0.717) is 16.6 Å². The number of ether oxygens (including phenoxy) is 2. The van der Waals surface area contributed by atoms with Gasteiger partial charge in [-0.15, -0.1) is 11.3 Å². The van der Waals surface area contributed by atoms with Crippen LogP contribution < -0.4 is 20.1 Å². The molecule has 2 heterocycles. The highest BCUT2D eigenvalue weighted by molar-refractivity contribution is 7.14. The van der Waals surface area contributed by atoms with Crippen LogP contribution in [0.3, 0.4) is 0 Å². The zero-order chi connectivity index (χ0) is 16.2. The van der Waals surface area contributed by atoms with Gasteiger partial charge in [0.1, 0.15) is 0 Å². The van der Waals surface area contributed by atoms with Gasteiger partial charge in [-0.1, -0.05) is 0 Å². The molecule has 1 aliphatic heterocycles. The van der Waals surface area contributed by atoms with Gasteiger partial charge in [0.05, 0.1) is 25.8 Å². The molecule has 122 valence electrons. The number of hydrogen-bond acceptors (Lipinski definition) is 6. The molecule has 0 radical (unpaired) electrons. The maximum absolute atomic E-state index is 12.1. The second-order valence-corrected chi connectivity index (χ2v) is 6.14. The number of methoxy groups -OCH3 is 2. The maximum Gasteiger partial charge on any atom is 0.230 e. The Kier molecular flexibility index (Phi) is 4.78. The largest absolute Gasteiger partial charge is 0.493 e. The first-order chi connectivity index (χ1) is 11.2.